The van der Waals surface area contributed by atoms with Gasteiger partial charge in [0, 0.05) is 12.2 Å². The molecule has 96 valence electrons. The number of thioether (sulfide) groups is 1. The van der Waals surface area contributed by atoms with E-state index >= 15 is 0 Å². The van der Waals surface area contributed by atoms with Crippen molar-refractivity contribution in [2.45, 2.75) is 51.1 Å². The molecule has 0 spiro atoms. The summed E-state index contributed by atoms with van der Waals surface area (Å²) in [5.41, 5.74) is 1.34. The van der Waals surface area contributed by atoms with Crippen molar-refractivity contribution in [2.24, 2.45) is 0 Å². The highest BCUT2D eigenvalue weighted by Crippen LogP contribution is 2.20. The monoisotopic (exact) mass is 252 g/mol. The van der Waals surface area contributed by atoms with Crippen molar-refractivity contribution in [1.29, 1.82) is 0 Å². The van der Waals surface area contributed by atoms with Crippen molar-refractivity contribution in [1.82, 2.24) is 10.3 Å². The highest BCUT2D eigenvalue weighted by atomic mass is 32.2. The van der Waals surface area contributed by atoms with Crippen LogP contribution in [0.25, 0.3) is 0 Å². The summed E-state index contributed by atoms with van der Waals surface area (Å²) in [4.78, 5) is 4.41. The largest absolute Gasteiger partial charge is 0.310 e. The molecule has 0 radical (unpaired) electrons. The Kier molecular flexibility index (Phi) is 7.29. The van der Waals surface area contributed by atoms with Crippen molar-refractivity contribution in [3.8, 4) is 0 Å². The Bertz CT molecular complexity index is 315. The molecule has 2 nitrogen and oxygen atoms in total. The van der Waals surface area contributed by atoms with Crippen LogP contribution in [0, 0.1) is 0 Å². The summed E-state index contributed by atoms with van der Waals surface area (Å²) in [5, 5.41) is 4.66. The molecular formula is C14H24N2S. The first kappa shape index (κ1) is 14.5. The third-order valence-corrected chi connectivity index (χ3v) is 3.72. The van der Waals surface area contributed by atoms with E-state index in [0.717, 1.165) is 11.6 Å². The molecule has 0 aliphatic rings. The van der Waals surface area contributed by atoms with Gasteiger partial charge >= 0.3 is 0 Å². The van der Waals surface area contributed by atoms with E-state index in [9.17, 15) is 0 Å². The second-order valence-corrected chi connectivity index (χ2v) is 5.42. The standard InChI is InChI=1S/C14H24N2S/c1-4-6-10-17-14-11-13(7-9-16-14)12(3)15-8-5-2/h7,9,11-12,15H,4-6,8,10H2,1-3H3. The topological polar surface area (TPSA) is 24.9 Å². The lowest BCUT2D eigenvalue weighted by molar-refractivity contribution is 0.569. The highest BCUT2D eigenvalue weighted by molar-refractivity contribution is 7.99. The number of rotatable bonds is 8. The lowest BCUT2D eigenvalue weighted by Gasteiger charge is -2.14. The second kappa shape index (κ2) is 8.54. The predicted octanol–water partition coefficient (Wildman–Crippen LogP) is 4.03. The number of nitrogens with zero attached hydrogens (tertiary/aromatic N) is 1. The quantitative estimate of drug-likeness (QED) is 0.558. The van der Waals surface area contributed by atoms with E-state index in [0.29, 0.717) is 6.04 Å². The van der Waals surface area contributed by atoms with Crippen LogP contribution in [0.3, 0.4) is 0 Å². The molecule has 0 aromatic carbocycles. The van der Waals surface area contributed by atoms with E-state index < -0.39 is 0 Å². The Morgan fingerprint density at radius 1 is 1.35 bits per heavy atom. The van der Waals surface area contributed by atoms with Gasteiger partial charge in [-0.25, -0.2) is 4.98 Å². The van der Waals surface area contributed by atoms with Crippen LogP contribution >= 0.6 is 11.8 Å². The molecule has 1 atom stereocenters. The van der Waals surface area contributed by atoms with Gasteiger partial charge in [-0.05, 0) is 49.8 Å². The zero-order valence-corrected chi connectivity index (χ0v) is 12.0. The van der Waals surface area contributed by atoms with Gasteiger partial charge < -0.3 is 5.32 Å². The fraction of sp³-hybridized carbons (Fsp3) is 0.643. The molecule has 0 aliphatic heterocycles. The van der Waals surface area contributed by atoms with Crippen molar-refractivity contribution in [3.63, 3.8) is 0 Å². The van der Waals surface area contributed by atoms with E-state index in [1.54, 1.807) is 0 Å². The molecule has 1 aromatic rings. The van der Waals surface area contributed by atoms with Crippen LogP contribution in [-0.2, 0) is 0 Å². The van der Waals surface area contributed by atoms with Crippen molar-refractivity contribution < 1.29 is 0 Å². The zero-order valence-electron chi connectivity index (χ0n) is 11.2. The normalized spacial score (nSPS) is 12.6. The first-order valence-corrected chi connectivity index (χ1v) is 7.58. The Morgan fingerprint density at radius 2 is 2.18 bits per heavy atom. The minimum atomic E-state index is 0.420. The zero-order chi connectivity index (χ0) is 12.5. The summed E-state index contributed by atoms with van der Waals surface area (Å²) in [6, 6.07) is 4.74. The maximum Gasteiger partial charge on any atom is 0.0963 e. The Labute approximate surface area is 110 Å². The number of unbranched alkanes of at least 4 members (excludes halogenated alkanes) is 1. The number of hydrogen-bond acceptors (Lipinski definition) is 3. The third-order valence-electron chi connectivity index (χ3n) is 2.71. The van der Waals surface area contributed by atoms with Gasteiger partial charge in [0.15, 0.2) is 0 Å². The Balaban J connectivity index is 2.52. The molecule has 1 N–H and O–H groups in total. The molecule has 0 bridgehead atoms. The minimum absolute atomic E-state index is 0.420. The van der Waals surface area contributed by atoms with Crippen LogP contribution in [0.4, 0.5) is 0 Å². The molecule has 1 heterocycles. The van der Waals surface area contributed by atoms with E-state index in [1.165, 1.54) is 30.6 Å². The average molecular weight is 252 g/mol. The molecule has 0 amide bonds. The van der Waals surface area contributed by atoms with Gasteiger partial charge in [0.1, 0.15) is 0 Å². The fourth-order valence-corrected chi connectivity index (χ4v) is 2.57. The Hall–Kier alpha value is -0.540. The summed E-state index contributed by atoms with van der Waals surface area (Å²) in [7, 11) is 0. The van der Waals surface area contributed by atoms with E-state index in [1.807, 2.05) is 18.0 Å². The van der Waals surface area contributed by atoms with Crippen LogP contribution in [0.1, 0.15) is 51.6 Å². The summed E-state index contributed by atoms with van der Waals surface area (Å²) in [6.45, 7) is 7.70. The summed E-state index contributed by atoms with van der Waals surface area (Å²) < 4.78 is 0. The smallest absolute Gasteiger partial charge is 0.0963 e. The highest BCUT2D eigenvalue weighted by Gasteiger charge is 2.05. The second-order valence-electron chi connectivity index (χ2n) is 4.31. The first-order chi connectivity index (χ1) is 8.27. The van der Waals surface area contributed by atoms with Gasteiger partial charge in [-0.3, -0.25) is 0 Å². The molecule has 0 fully saturated rings. The minimum Gasteiger partial charge on any atom is -0.310 e. The fourth-order valence-electron chi connectivity index (χ4n) is 1.57. The molecule has 3 heteroatoms. The summed E-state index contributed by atoms with van der Waals surface area (Å²) >= 11 is 1.86. The number of pyridine rings is 1. The first-order valence-electron chi connectivity index (χ1n) is 6.60. The van der Waals surface area contributed by atoms with Crippen LogP contribution in [-0.4, -0.2) is 17.3 Å². The summed E-state index contributed by atoms with van der Waals surface area (Å²) in [6.07, 6.45) is 5.61. The van der Waals surface area contributed by atoms with Crippen molar-refractivity contribution in [2.75, 3.05) is 12.3 Å². The van der Waals surface area contributed by atoms with Crippen LogP contribution in [0.15, 0.2) is 23.4 Å². The average Bonchev–Trinajstić information content (AvgIpc) is 2.36. The van der Waals surface area contributed by atoms with Crippen molar-refractivity contribution >= 4 is 11.8 Å². The van der Waals surface area contributed by atoms with Crippen LogP contribution in [0.2, 0.25) is 0 Å². The number of nitrogens with one attached hydrogen (secondary N) is 1. The van der Waals surface area contributed by atoms with Gasteiger partial charge in [0.25, 0.3) is 0 Å². The lowest BCUT2D eigenvalue weighted by Crippen LogP contribution is -2.19. The van der Waals surface area contributed by atoms with Gasteiger partial charge in [0.2, 0.25) is 0 Å². The van der Waals surface area contributed by atoms with Gasteiger partial charge in [-0.1, -0.05) is 20.3 Å². The molecular weight excluding hydrogens is 228 g/mol. The van der Waals surface area contributed by atoms with Crippen molar-refractivity contribution in [3.05, 3.63) is 23.9 Å². The van der Waals surface area contributed by atoms with E-state index in [2.05, 4.69) is 43.2 Å². The van der Waals surface area contributed by atoms with Gasteiger partial charge in [-0.2, -0.15) is 0 Å². The van der Waals surface area contributed by atoms with E-state index in [-0.39, 0.29) is 0 Å². The molecule has 17 heavy (non-hydrogen) atoms. The third kappa shape index (κ3) is 5.55. The SMILES string of the molecule is CCCCSc1cc(C(C)NCCC)ccn1. The molecule has 1 unspecified atom stereocenters. The van der Waals surface area contributed by atoms with Gasteiger partial charge in [0.05, 0.1) is 5.03 Å². The summed E-state index contributed by atoms with van der Waals surface area (Å²) in [5.74, 6) is 1.17. The molecule has 0 saturated carbocycles. The molecule has 0 saturated heterocycles. The Morgan fingerprint density at radius 3 is 2.88 bits per heavy atom. The maximum absolute atomic E-state index is 4.41. The van der Waals surface area contributed by atoms with Crippen LogP contribution < -0.4 is 5.32 Å². The molecule has 1 rings (SSSR count). The number of hydrogen-bond donors (Lipinski definition) is 1. The number of aromatic nitrogens is 1. The molecule has 1 aromatic heterocycles. The molecule has 0 aliphatic carbocycles. The lowest BCUT2D eigenvalue weighted by atomic mass is 10.1. The van der Waals surface area contributed by atoms with E-state index in [4.69, 9.17) is 0 Å². The van der Waals surface area contributed by atoms with Gasteiger partial charge in [-0.15, -0.1) is 11.8 Å². The van der Waals surface area contributed by atoms with Crippen LogP contribution in [0.5, 0.6) is 0 Å². The predicted molar refractivity (Wildman–Crippen MR) is 76.6 cm³/mol. The maximum atomic E-state index is 4.41.